The van der Waals surface area contributed by atoms with E-state index in [1.807, 2.05) is 44.2 Å². The predicted octanol–water partition coefficient (Wildman–Crippen LogP) is 6.52. The molecule has 1 atom stereocenters. The van der Waals surface area contributed by atoms with Crippen LogP contribution in [-0.4, -0.2) is 41.8 Å². The Morgan fingerprint density at radius 2 is 1.86 bits per heavy atom. The summed E-state index contributed by atoms with van der Waals surface area (Å²) in [4.78, 5) is 26.8. The fourth-order valence-corrected chi connectivity index (χ4v) is 4.69. The maximum Gasteiger partial charge on any atom is 0.446 e. The van der Waals surface area contributed by atoms with Gasteiger partial charge in [-0.2, -0.15) is 13.2 Å². The third kappa shape index (κ3) is 6.87. The van der Waals surface area contributed by atoms with Gasteiger partial charge in [-0.15, -0.1) is 0 Å². The summed E-state index contributed by atoms with van der Waals surface area (Å²) in [6, 6.07) is 13.7. The molecule has 0 saturated heterocycles. The van der Waals surface area contributed by atoms with Crippen molar-refractivity contribution in [1.82, 2.24) is 9.88 Å². The standard InChI is InChI=1S/C23H23Cl2N3O.C2HF3O/c1-13-7-18(14(2)26-13)23(29)27-17-6-4-5-15(8-17)20-11-28(3)12-21-19(20)9-16(24)10-22(21)25;3-2(4,5)1-6/h4-10,20,26H,11-12H2,1-3H3,(H,27,29);1H. The number of halogens is 5. The van der Waals surface area contributed by atoms with Gasteiger partial charge in [0.25, 0.3) is 5.91 Å². The number of carbonyl (C=O) groups is 2. The fraction of sp³-hybridized carbons (Fsp3) is 0.280. The second kappa shape index (κ2) is 10.8. The Hall–Kier alpha value is -2.81. The van der Waals surface area contributed by atoms with Gasteiger partial charge >= 0.3 is 6.18 Å². The molecule has 10 heteroatoms. The van der Waals surface area contributed by atoms with E-state index in [0.29, 0.717) is 15.6 Å². The third-order valence-electron chi connectivity index (χ3n) is 5.57. The van der Waals surface area contributed by atoms with E-state index in [4.69, 9.17) is 28.0 Å². The van der Waals surface area contributed by atoms with Gasteiger partial charge in [0.05, 0.1) is 5.56 Å². The lowest BCUT2D eigenvalue weighted by Gasteiger charge is -2.33. The summed E-state index contributed by atoms with van der Waals surface area (Å²) in [5.41, 5.74) is 6.66. The van der Waals surface area contributed by atoms with Crippen molar-refractivity contribution < 1.29 is 22.8 Å². The highest BCUT2D eigenvalue weighted by Crippen LogP contribution is 2.38. The molecule has 0 fully saturated rings. The average Bonchev–Trinajstić information content (AvgIpc) is 3.12. The summed E-state index contributed by atoms with van der Waals surface area (Å²) in [6.07, 6.45) is -5.70. The number of benzene rings is 2. The first-order valence-electron chi connectivity index (χ1n) is 10.6. The van der Waals surface area contributed by atoms with Crippen molar-refractivity contribution in [3.05, 3.63) is 86.2 Å². The highest BCUT2D eigenvalue weighted by atomic mass is 35.5. The Morgan fingerprint density at radius 1 is 1.17 bits per heavy atom. The SMILES string of the molecule is Cc1cc(C(=O)Nc2cccc(C3CN(C)Cc4c(Cl)cc(Cl)cc43)c2)c(C)[nH]1.O=CC(F)(F)F. The van der Waals surface area contributed by atoms with Gasteiger partial charge in [-0.3, -0.25) is 9.59 Å². The summed E-state index contributed by atoms with van der Waals surface area (Å²) in [5.74, 6) is 0.0179. The number of H-pyrrole nitrogens is 1. The Labute approximate surface area is 211 Å². The number of aromatic nitrogens is 1. The topological polar surface area (TPSA) is 65.2 Å². The predicted molar refractivity (Wildman–Crippen MR) is 131 cm³/mol. The van der Waals surface area contributed by atoms with Crippen LogP contribution < -0.4 is 5.32 Å². The number of nitrogens with one attached hydrogen (secondary N) is 2. The number of aromatic amines is 1. The van der Waals surface area contributed by atoms with Crippen LogP contribution in [-0.2, 0) is 11.3 Å². The summed E-state index contributed by atoms with van der Waals surface area (Å²) in [6.45, 7) is 5.50. The van der Waals surface area contributed by atoms with Crippen LogP contribution in [0.2, 0.25) is 10.0 Å². The first kappa shape index (κ1) is 26.8. The molecule has 2 N–H and O–H groups in total. The van der Waals surface area contributed by atoms with Gasteiger partial charge in [0, 0.05) is 46.1 Å². The van der Waals surface area contributed by atoms with Crippen molar-refractivity contribution in [2.75, 3.05) is 18.9 Å². The first-order valence-corrected chi connectivity index (χ1v) is 11.4. The molecule has 4 rings (SSSR count). The van der Waals surface area contributed by atoms with E-state index in [0.717, 1.165) is 46.9 Å². The van der Waals surface area contributed by atoms with E-state index in [9.17, 15) is 18.0 Å². The molecule has 1 aromatic heterocycles. The van der Waals surface area contributed by atoms with Gasteiger partial charge in [-0.1, -0.05) is 35.3 Å². The number of hydrogen-bond acceptors (Lipinski definition) is 3. The minimum atomic E-state index is -4.64. The second-order valence-corrected chi connectivity index (χ2v) is 9.28. The molecule has 1 aliphatic heterocycles. The minimum absolute atomic E-state index is 0.115. The lowest BCUT2D eigenvalue weighted by Crippen LogP contribution is -2.31. The minimum Gasteiger partial charge on any atom is -0.362 e. The molecular weight excluding hydrogens is 502 g/mol. The number of amides is 1. The van der Waals surface area contributed by atoms with Crippen LogP contribution in [0.1, 0.15) is 44.4 Å². The van der Waals surface area contributed by atoms with Gasteiger partial charge < -0.3 is 15.2 Å². The molecule has 1 aliphatic rings. The van der Waals surface area contributed by atoms with E-state index in [-0.39, 0.29) is 11.8 Å². The van der Waals surface area contributed by atoms with E-state index in [1.54, 1.807) is 6.07 Å². The largest absolute Gasteiger partial charge is 0.446 e. The Kier molecular flexibility index (Phi) is 8.30. The van der Waals surface area contributed by atoms with Crippen LogP contribution in [0.15, 0.2) is 42.5 Å². The van der Waals surface area contributed by atoms with E-state index >= 15 is 0 Å². The lowest BCUT2D eigenvalue weighted by atomic mass is 9.84. The number of hydrogen-bond donors (Lipinski definition) is 2. The maximum atomic E-state index is 12.7. The van der Waals surface area contributed by atoms with Crippen LogP contribution >= 0.6 is 23.2 Å². The number of fused-ring (bicyclic) bond motifs is 1. The van der Waals surface area contributed by atoms with Crippen molar-refractivity contribution in [2.45, 2.75) is 32.5 Å². The number of rotatable bonds is 3. The smallest absolute Gasteiger partial charge is 0.362 e. The van der Waals surface area contributed by atoms with Crippen LogP contribution in [0, 0.1) is 13.8 Å². The normalized spacial score (nSPS) is 15.6. The summed E-state index contributed by atoms with van der Waals surface area (Å²) >= 11 is 12.8. The molecule has 186 valence electrons. The molecule has 0 spiro atoms. The molecule has 1 unspecified atom stereocenters. The zero-order valence-electron chi connectivity index (χ0n) is 19.3. The lowest BCUT2D eigenvalue weighted by molar-refractivity contribution is -0.156. The van der Waals surface area contributed by atoms with E-state index < -0.39 is 12.5 Å². The Balaban J connectivity index is 0.000000509. The molecule has 1 amide bonds. The summed E-state index contributed by atoms with van der Waals surface area (Å²) in [7, 11) is 2.09. The zero-order chi connectivity index (χ0) is 25.9. The van der Waals surface area contributed by atoms with Crippen molar-refractivity contribution in [1.29, 1.82) is 0 Å². The molecule has 0 saturated carbocycles. The maximum absolute atomic E-state index is 12.7. The van der Waals surface area contributed by atoms with Gasteiger partial charge in [0.1, 0.15) is 0 Å². The highest BCUT2D eigenvalue weighted by molar-refractivity contribution is 6.35. The molecule has 2 aromatic carbocycles. The van der Waals surface area contributed by atoms with Gasteiger partial charge in [0.2, 0.25) is 6.29 Å². The van der Waals surface area contributed by atoms with Crippen LogP contribution in [0.25, 0.3) is 0 Å². The average molecular weight is 526 g/mol. The molecular formula is C25H24Cl2F3N3O2. The number of nitrogens with zero attached hydrogens (tertiary/aromatic N) is 1. The fourth-order valence-electron chi connectivity index (χ4n) is 4.12. The summed E-state index contributed by atoms with van der Waals surface area (Å²) < 4.78 is 31.2. The molecule has 2 heterocycles. The molecule has 0 radical (unpaired) electrons. The Morgan fingerprint density at radius 3 is 2.46 bits per heavy atom. The number of likely N-dealkylation sites (N-methyl/N-ethyl adjacent to an activating group) is 1. The molecule has 35 heavy (non-hydrogen) atoms. The highest BCUT2D eigenvalue weighted by Gasteiger charge is 2.27. The van der Waals surface area contributed by atoms with Gasteiger partial charge in [-0.25, -0.2) is 0 Å². The monoisotopic (exact) mass is 525 g/mol. The van der Waals surface area contributed by atoms with Crippen molar-refractivity contribution >= 4 is 41.1 Å². The molecule has 3 aromatic rings. The number of aryl methyl sites for hydroxylation is 2. The van der Waals surface area contributed by atoms with E-state index in [2.05, 4.69) is 28.3 Å². The van der Waals surface area contributed by atoms with Crippen LogP contribution in [0.5, 0.6) is 0 Å². The molecule has 0 aliphatic carbocycles. The van der Waals surface area contributed by atoms with Crippen LogP contribution in [0.3, 0.4) is 0 Å². The molecule has 0 bridgehead atoms. The van der Waals surface area contributed by atoms with E-state index in [1.165, 1.54) is 0 Å². The zero-order valence-corrected chi connectivity index (χ0v) is 20.8. The number of carbonyl (C=O) groups excluding carboxylic acids is 2. The first-order chi connectivity index (χ1) is 16.4. The van der Waals surface area contributed by atoms with Gasteiger partial charge in [0.15, 0.2) is 0 Å². The number of anilines is 1. The third-order valence-corrected chi connectivity index (χ3v) is 6.12. The second-order valence-electron chi connectivity index (χ2n) is 8.43. The number of alkyl halides is 3. The van der Waals surface area contributed by atoms with Crippen molar-refractivity contribution in [3.63, 3.8) is 0 Å². The van der Waals surface area contributed by atoms with Crippen molar-refractivity contribution in [2.24, 2.45) is 0 Å². The summed E-state index contributed by atoms with van der Waals surface area (Å²) in [5, 5.41) is 4.37. The Bertz CT molecular complexity index is 1240. The quantitative estimate of drug-likeness (QED) is 0.382. The number of aldehydes is 1. The van der Waals surface area contributed by atoms with Gasteiger partial charge in [-0.05, 0) is 67.9 Å². The van der Waals surface area contributed by atoms with Crippen molar-refractivity contribution in [3.8, 4) is 0 Å². The molecule has 5 nitrogen and oxygen atoms in total. The van der Waals surface area contributed by atoms with Crippen LogP contribution in [0.4, 0.5) is 18.9 Å².